The molecule has 0 bridgehead atoms. The molecule has 0 aliphatic heterocycles. The van der Waals surface area contributed by atoms with Crippen LogP contribution in [0.1, 0.15) is 18.9 Å². The van der Waals surface area contributed by atoms with E-state index < -0.39 is 11.9 Å². The molecule has 0 aromatic heterocycles. The Morgan fingerprint density at radius 1 is 1.00 bits per heavy atom. The van der Waals surface area contributed by atoms with Crippen LogP contribution in [0.25, 0.3) is 0 Å². The number of hydrogen-bond acceptors (Lipinski definition) is 3. The van der Waals surface area contributed by atoms with E-state index >= 15 is 0 Å². The van der Waals surface area contributed by atoms with Gasteiger partial charge in [-0.05, 0) is 48.4 Å². The zero-order valence-electron chi connectivity index (χ0n) is 15.6. The number of ether oxygens (including phenoxy) is 1. The van der Waals surface area contributed by atoms with E-state index in [1.807, 2.05) is 49.4 Å². The van der Waals surface area contributed by atoms with Crippen LogP contribution in [-0.2, 0) is 10.5 Å². The molecular weight excluding hydrogens is 373 g/mol. The lowest BCUT2D eigenvalue weighted by molar-refractivity contribution is -0.122. The number of carbonyl (C=O) groups excluding carboxylic acids is 1. The van der Waals surface area contributed by atoms with E-state index in [2.05, 4.69) is 17.4 Å². The molecule has 1 amide bonds. The summed E-state index contributed by atoms with van der Waals surface area (Å²) in [6.07, 6.45) is -0.323. The lowest BCUT2D eigenvalue weighted by atomic mass is 10.2. The van der Waals surface area contributed by atoms with Crippen LogP contribution in [0.15, 0.2) is 83.8 Å². The fourth-order valence-corrected chi connectivity index (χ4v) is 3.48. The van der Waals surface area contributed by atoms with Gasteiger partial charge >= 0.3 is 0 Å². The van der Waals surface area contributed by atoms with Crippen molar-refractivity contribution in [3.8, 4) is 5.75 Å². The van der Waals surface area contributed by atoms with E-state index in [1.165, 1.54) is 22.6 Å². The van der Waals surface area contributed by atoms with Crippen molar-refractivity contribution < 1.29 is 13.9 Å². The molecule has 0 aliphatic carbocycles. The van der Waals surface area contributed by atoms with Crippen LogP contribution in [0.5, 0.6) is 5.75 Å². The molecule has 0 saturated carbocycles. The molecule has 3 aromatic carbocycles. The van der Waals surface area contributed by atoms with Crippen molar-refractivity contribution in [1.29, 1.82) is 0 Å². The van der Waals surface area contributed by atoms with Crippen LogP contribution < -0.4 is 10.1 Å². The van der Waals surface area contributed by atoms with Gasteiger partial charge in [0.1, 0.15) is 0 Å². The first kappa shape index (κ1) is 20.0. The highest BCUT2D eigenvalue weighted by Crippen LogP contribution is 2.23. The van der Waals surface area contributed by atoms with Crippen LogP contribution in [0.2, 0.25) is 0 Å². The van der Waals surface area contributed by atoms with Crippen molar-refractivity contribution in [3.63, 3.8) is 0 Å². The average Bonchev–Trinajstić information content (AvgIpc) is 2.73. The van der Waals surface area contributed by atoms with Gasteiger partial charge in [-0.25, -0.2) is 4.39 Å². The Morgan fingerprint density at radius 3 is 2.36 bits per heavy atom. The van der Waals surface area contributed by atoms with E-state index in [9.17, 15) is 9.18 Å². The molecule has 0 aliphatic rings. The molecule has 0 spiro atoms. The second-order valence-electron chi connectivity index (χ2n) is 6.23. The first-order chi connectivity index (χ1) is 13.7. The Kier molecular flexibility index (Phi) is 7.09. The van der Waals surface area contributed by atoms with Crippen LogP contribution in [0, 0.1) is 5.82 Å². The number of thioether (sulfide) groups is 1. The predicted octanol–water partition coefficient (Wildman–Crippen LogP) is 5.91. The van der Waals surface area contributed by atoms with Crippen LogP contribution in [0.3, 0.4) is 0 Å². The Labute approximate surface area is 168 Å². The minimum absolute atomic E-state index is 0.0813. The normalized spacial score (nSPS) is 11.6. The molecule has 1 N–H and O–H groups in total. The molecule has 0 unspecified atom stereocenters. The fourth-order valence-electron chi connectivity index (χ4n) is 2.61. The van der Waals surface area contributed by atoms with Gasteiger partial charge < -0.3 is 10.1 Å². The van der Waals surface area contributed by atoms with Gasteiger partial charge in [-0.1, -0.05) is 49.4 Å². The van der Waals surface area contributed by atoms with Crippen LogP contribution >= 0.6 is 11.8 Å². The molecule has 0 heterocycles. The molecule has 0 fully saturated rings. The minimum Gasteiger partial charge on any atom is -0.478 e. The Hall–Kier alpha value is -2.79. The maximum atomic E-state index is 13.8. The fraction of sp³-hybridized carbons (Fsp3) is 0.174. The molecule has 0 saturated heterocycles. The predicted molar refractivity (Wildman–Crippen MR) is 112 cm³/mol. The highest BCUT2D eigenvalue weighted by Gasteiger charge is 2.20. The van der Waals surface area contributed by atoms with E-state index in [1.54, 1.807) is 23.9 Å². The van der Waals surface area contributed by atoms with Gasteiger partial charge in [0, 0.05) is 16.3 Å². The van der Waals surface area contributed by atoms with Gasteiger partial charge in [0.05, 0.1) is 0 Å². The topological polar surface area (TPSA) is 38.3 Å². The third-order valence-electron chi connectivity index (χ3n) is 4.14. The van der Waals surface area contributed by atoms with Gasteiger partial charge in [0.15, 0.2) is 17.7 Å². The van der Waals surface area contributed by atoms with Crippen LogP contribution in [-0.4, -0.2) is 12.0 Å². The van der Waals surface area contributed by atoms with E-state index in [0.29, 0.717) is 12.1 Å². The van der Waals surface area contributed by atoms with Crippen molar-refractivity contribution in [2.45, 2.75) is 30.1 Å². The zero-order valence-corrected chi connectivity index (χ0v) is 16.4. The molecule has 3 rings (SSSR count). The summed E-state index contributed by atoms with van der Waals surface area (Å²) in [6, 6.07) is 24.0. The molecule has 0 radical (unpaired) electrons. The summed E-state index contributed by atoms with van der Waals surface area (Å²) < 4.78 is 19.3. The first-order valence-corrected chi connectivity index (χ1v) is 10.1. The van der Waals surface area contributed by atoms with Crippen molar-refractivity contribution in [2.75, 3.05) is 5.32 Å². The summed E-state index contributed by atoms with van der Waals surface area (Å²) in [5.41, 5.74) is 1.86. The molecular formula is C23H22FNO2S. The number of rotatable bonds is 8. The number of amides is 1. The number of benzene rings is 3. The SMILES string of the molecule is CC[C@H](Oc1ccccc1F)C(=O)Nc1ccc(CSc2ccccc2)cc1. The quantitative estimate of drug-likeness (QED) is 0.482. The van der Waals surface area contributed by atoms with Crippen molar-refractivity contribution >= 4 is 23.4 Å². The highest BCUT2D eigenvalue weighted by molar-refractivity contribution is 7.98. The number of para-hydroxylation sites is 1. The number of anilines is 1. The molecule has 3 aromatic rings. The number of hydrogen-bond donors (Lipinski definition) is 1. The second-order valence-corrected chi connectivity index (χ2v) is 7.28. The maximum Gasteiger partial charge on any atom is 0.265 e. The summed E-state index contributed by atoms with van der Waals surface area (Å²) >= 11 is 1.76. The standard InChI is InChI=1S/C23H22FNO2S/c1-2-21(27-22-11-7-6-10-20(22)24)23(26)25-18-14-12-17(13-15-18)16-28-19-8-4-3-5-9-19/h3-15,21H,2,16H2,1H3,(H,25,26)/t21-/m0/s1. The van der Waals surface area contributed by atoms with Gasteiger partial charge in [-0.15, -0.1) is 11.8 Å². The summed E-state index contributed by atoms with van der Waals surface area (Å²) in [6.45, 7) is 1.83. The number of halogens is 1. The van der Waals surface area contributed by atoms with Gasteiger partial charge in [0.25, 0.3) is 5.91 Å². The second kappa shape index (κ2) is 9.95. The van der Waals surface area contributed by atoms with E-state index in [0.717, 1.165) is 5.75 Å². The number of carbonyl (C=O) groups is 1. The Bertz CT molecular complexity index is 900. The van der Waals surface area contributed by atoms with Crippen molar-refractivity contribution in [2.24, 2.45) is 0 Å². The Balaban J connectivity index is 1.56. The van der Waals surface area contributed by atoms with Crippen molar-refractivity contribution in [3.05, 3.63) is 90.2 Å². The van der Waals surface area contributed by atoms with Gasteiger partial charge in [-0.2, -0.15) is 0 Å². The number of nitrogens with one attached hydrogen (secondary N) is 1. The maximum absolute atomic E-state index is 13.8. The summed E-state index contributed by atoms with van der Waals surface area (Å²) in [7, 11) is 0. The monoisotopic (exact) mass is 395 g/mol. The summed E-state index contributed by atoms with van der Waals surface area (Å²) in [5, 5.41) is 2.84. The van der Waals surface area contributed by atoms with Crippen molar-refractivity contribution in [1.82, 2.24) is 0 Å². The van der Waals surface area contributed by atoms with Crippen LogP contribution in [0.4, 0.5) is 10.1 Å². The smallest absolute Gasteiger partial charge is 0.265 e. The minimum atomic E-state index is -0.759. The largest absolute Gasteiger partial charge is 0.478 e. The molecule has 1 atom stereocenters. The Morgan fingerprint density at radius 2 is 1.68 bits per heavy atom. The summed E-state index contributed by atoms with van der Waals surface area (Å²) in [4.78, 5) is 13.7. The third-order valence-corrected chi connectivity index (χ3v) is 5.22. The third kappa shape index (κ3) is 5.60. The lowest BCUT2D eigenvalue weighted by Crippen LogP contribution is -2.32. The lowest BCUT2D eigenvalue weighted by Gasteiger charge is -2.17. The molecule has 28 heavy (non-hydrogen) atoms. The molecule has 5 heteroatoms. The summed E-state index contributed by atoms with van der Waals surface area (Å²) in [5.74, 6) is 0.163. The molecule has 144 valence electrons. The van der Waals surface area contributed by atoms with E-state index in [-0.39, 0.29) is 11.7 Å². The highest BCUT2D eigenvalue weighted by atomic mass is 32.2. The average molecular weight is 395 g/mol. The van der Waals surface area contributed by atoms with E-state index in [4.69, 9.17) is 4.74 Å². The first-order valence-electron chi connectivity index (χ1n) is 9.14. The van der Waals surface area contributed by atoms with Gasteiger partial charge in [-0.3, -0.25) is 4.79 Å². The zero-order chi connectivity index (χ0) is 19.8. The molecule has 3 nitrogen and oxygen atoms in total. The van der Waals surface area contributed by atoms with Gasteiger partial charge in [0.2, 0.25) is 0 Å².